The molecule has 9 nitrogen and oxygen atoms in total. The largest absolute Gasteiger partial charge is 0.481 e. The molecule has 0 aliphatic carbocycles. The molecular formula is C12H22O9. The molecule has 0 fully saturated rings. The van der Waals surface area contributed by atoms with Gasteiger partial charge in [-0.25, -0.2) is 4.79 Å². The Labute approximate surface area is 121 Å². The van der Waals surface area contributed by atoms with Gasteiger partial charge in [0.05, 0.1) is 19.8 Å². The van der Waals surface area contributed by atoms with Gasteiger partial charge in [-0.1, -0.05) is 13.5 Å². The molecule has 0 rings (SSSR count). The van der Waals surface area contributed by atoms with Crippen molar-refractivity contribution in [3.05, 3.63) is 12.7 Å². The summed E-state index contributed by atoms with van der Waals surface area (Å²) >= 11 is 0. The highest BCUT2D eigenvalue weighted by Crippen LogP contribution is 2.18. The van der Waals surface area contributed by atoms with E-state index in [-0.39, 0.29) is 19.8 Å². The third kappa shape index (κ3) is 18.0. The Morgan fingerprint density at radius 2 is 1.24 bits per heavy atom. The van der Waals surface area contributed by atoms with E-state index in [0.717, 1.165) is 6.08 Å². The number of aliphatic hydroxyl groups is 3. The molecule has 21 heavy (non-hydrogen) atoms. The number of aliphatic carboxylic acids is 3. The highest BCUT2D eigenvalue weighted by atomic mass is 16.4. The first-order valence-corrected chi connectivity index (χ1v) is 5.76. The van der Waals surface area contributed by atoms with Crippen LogP contribution in [0.25, 0.3) is 0 Å². The summed E-state index contributed by atoms with van der Waals surface area (Å²) in [6, 6.07) is 0. The van der Waals surface area contributed by atoms with E-state index >= 15 is 0 Å². The number of aliphatic hydroxyl groups excluding tert-OH is 3. The van der Waals surface area contributed by atoms with Gasteiger partial charge in [0.15, 0.2) is 0 Å². The van der Waals surface area contributed by atoms with Crippen molar-refractivity contribution < 1.29 is 45.0 Å². The summed E-state index contributed by atoms with van der Waals surface area (Å²) in [7, 11) is 0. The molecule has 0 spiro atoms. The van der Waals surface area contributed by atoms with Crippen LogP contribution in [-0.4, -0.2) is 68.4 Å². The zero-order valence-electron chi connectivity index (χ0n) is 11.7. The zero-order chi connectivity index (χ0) is 17.5. The molecule has 0 radical (unpaired) electrons. The molecule has 6 N–H and O–H groups in total. The SMILES string of the molecule is C=CC(=O)O.CCC(CO)(CO)CO.O=C(O)CC(=O)O. The van der Waals surface area contributed by atoms with Crippen LogP contribution < -0.4 is 0 Å². The van der Waals surface area contributed by atoms with Crippen molar-refractivity contribution in [2.45, 2.75) is 19.8 Å². The maximum absolute atomic E-state index is 9.43. The number of carbonyl (C=O) groups is 3. The van der Waals surface area contributed by atoms with Crippen LogP contribution >= 0.6 is 0 Å². The summed E-state index contributed by atoms with van der Waals surface area (Å²) in [5, 5.41) is 49.0. The molecule has 0 atom stereocenters. The summed E-state index contributed by atoms with van der Waals surface area (Å²) in [6.07, 6.45) is 0.622. The predicted molar refractivity (Wildman–Crippen MR) is 71.7 cm³/mol. The number of hydrogen-bond acceptors (Lipinski definition) is 6. The van der Waals surface area contributed by atoms with Crippen molar-refractivity contribution in [2.24, 2.45) is 5.41 Å². The summed E-state index contributed by atoms with van der Waals surface area (Å²) in [5.41, 5.74) is -0.667. The lowest BCUT2D eigenvalue weighted by atomic mass is 9.88. The molecule has 0 saturated heterocycles. The van der Waals surface area contributed by atoms with Crippen LogP contribution in [0.5, 0.6) is 0 Å². The third-order valence-corrected chi connectivity index (χ3v) is 2.23. The average molecular weight is 310 g/mol. The lowest BCUT2D eigenvalue weighted by Gasteiger charge is -2.24. The highest BCUT2D eigenvalue weighted by Gasteiger charge is 2.24. The Morgan fingerprint density at radius 3 is 1.24 bits per heavy atom. The topological polar surface area (TPSA) is 173 Å². The zero-order valence-corrected chi connectivity index (χ0v) is 11.7. The van der Waals surface area contributed by atoms with Crippen LogP contribution in [0.3, 0.4) is 0 Å². The molecule has 0 saturated carbocycles. The second-order valence-electron chi connectivity index (χ2n) is 3.83. The lowest BCUT2D eigenvalue weighted by Crippen LogP contribution is -2.32. The van der Waals surface area contributed by atoms with Gasteiger partial charge in [0, 0.05) is 11.5 Å². The summed E-state index contributed by atoms with van der Waals surface area (Å²) < 4.78 is 0. The molecule has 9 heteroatoms. The van der Waals surface area contributed by atoms with Crippen LogP contribution in [-0.2, 0) is 14.4 Å². The van der Waals surface area contributed by atoms with Gasteiger partial charge >= 0.3 is 17.9 Å². The van der Waals surface area contributed by atoms with Crippen molar-refractivity contribution in [3.63, 3.8) is 0 Å². The first kappa shape index (κ1) is 24.1. The van der Waals surface area contributed by atoms with Crippen molar-refractivity contribution in [1.29, 1.82) is 0 Å². The van der Waals surface area contributed by atoms with Crippen LogP contribution in [0.4, 0.5) is 0 Å². The van der Waals surface area contributed by atoms with Crippen molar-refractivity contribution in [3.8, 4) is 0 Å². The van der Waals surface area contributed by atoms with Crippen molar-refractivity contribution in [2.75, 3.05) is 19.8 Å². The Hall–Kier alpha value is -1.97. The van der Waals surface area contributed by atoms with Crippen molar-refractivity contribution in [1.82, 2.24) is 0 Å². The van der Waals surface area contributed by atoms with Gasteiger partial charge in [0.2, 0.25) is 0 Å². The molecule has 0 bridgehead atoms. The van der Waals surface area contributed by atoms with E-state index in [0.29, 0.717) is 6.42 Å². The number of carboxylic acids is 3. The Morgan fingerprint density at radius 1 is 0.952 bits per heavy atom. The molecule has 0 aromatic heterocycles. The number of hydrogen-bond donors (Lipinski definition) is 6. The maximum atomic E-state index is 9.43. The molecule has 0 aliphatic heterocycles. The standard InChI is InChI=1S/C6H14O3.C3H4O4.C3H4O2/c1-2-6(3-7,4-8)5-9;4-2(5)1-3(6)7;1-2-3(4)5/h7-9H,2-5H2,1H3;1H2,(H,4,5)(H,6,7);2H,1H2,(H,4,5). The second kappa shape index (κ2) is 14.4. The van der Waals surface area contributed by atoms with Gasteiger partial charge in [-0.3, -0.25) is 9.59 Å². The van der Waals surface area contributed by atoms with Crippen LogP contribution in [0, 0.1) is 5.41 Å². The summed E-state index contributed by atoms with van der Waals surface area (Å²) in [6.45, 7) is 4.31. The van der Waals surface area contributed by atoms with Gasteiger partial charge in [0.1, 0.15) is 6.42 Å². The van der Waals surface area contributed by atoms with E-state index in [1.807, 2.05) is 6.92 Å². The normalized spacial score (nSPS) is 9.33. The first-order chi connectivity index (χ1) is 9.64. The second-order valence-corrected chi connectivity index (χ2v) is 3.83. The van der Waals surface area contributed by atoms with E-state index in [9.17, 15) is 14.4 Å². The predicted octanol–water partition coefficient (Wildman–Crippen LogP) is -0.838. The molecule has 124 valence electrons. The fourth-order valence-corrected chi connectivity index (χ4v) is 0.615. The smallest absolute Gasteiger partial charge is 0.327 e. The maximum Gasteiger partial charge on any atom is 0.327 e. The van der Waals surface area contributed by atoms with Crippen molar-refractivity contribution >= 4 is 17.9 Å². The van der Waals surface area contributed by atoms with Crippen LogP contribution in [0.2, 0.25) is 0 Å². The van der Waals surface area contributed by atoms with E-state index in [1.54, 1.807) is 0 Å². The molecule has 0 unspecified atom stereocenters. The lowest BCUT2D eigenvalue weighted by molar-refractivity contribution is -0.147. The van der Waals surface area contributed by atoms with Gasteiger partial charge in [-0.15, -0.1) is 0 Å². The minimum Gasteiger partial charge on any atom is -0.481 e. The first-order valence-electron chi connectivity index (χ1n) is 5.76. The average Bonchev–Trinajstić information content (AvgIpc) is 2.42. The highest BCUT2D eigenvalue weighted by molar-refractivity contribution is 5.88. The minimum absolute atomic E-state index is 0.156. The molecule has 0 amide bonds. The monoisotopic (exact) mass is 310 g/mol. The summed E-state index contributed by atoms with van der Waals surface area (Å²) in [4.78, 5) is 28.1. The molecule has 0 aromatic carbocycles. The quantitative estimate of drug-likeness (QED) is 0.259. The van der Waals surface area contributed by atoms with E-state index < -0.39 is 29.7 Å². The molecular weight excluding hydrogens is 288 g/mol. The van der Waals surface area contributed by atoms with Gasteiger partial charge in [0.25, 0.3) is 0 Å². The Bertz CT molecular complexity index is 291. The Kier molecular flexibility index (Phi) is 16.6. The third-order valence-electron chi connectivity index (χ3n) is 2.23. The van der Waals surface area contributed by atoms with Gasteiger partial charge in [-0.2, -0.15) is 0 Å². The minimum atomic E-state index is -1.31. The summed E-state index contributed by atoms with van der Waals surface area (Å²) in [5.74, 6) is -3.61. The fraction of sp³-hybridized carbons (Fsp3) is 0.583. The molecule has 0 aliphatic rings. The Balaban J connectivity index is -0.000000242. The molecule has 0 aromatic rings. The van der Waals surface area contributed by atoms with E-state index in [1.165, 1.54) is 0 Å². The van der Waals surface area contributed by atoms with E-state index in [2.05, 4.69) is 6.58 Å². The fourth-order valence-electron chi connectivity index (χ4n) is 0.615. The van der Waals surface area contributed by atoms with Gasteiger partial charge in [-0.05, 0) is 6.42 Å². The van der Waals surface area contributed by atoms with Crippen LogP contribution in [0.1, 0.15) is 19.8 Å². The molecule has 0 heterocycles. The number of carboxylic acid groups (broad SMARTS) is 3. The van der Waals surface area contributed by atoms with Crippen LogP contribution in [0.15, 0.2) is 12.7 Å². The van der Waals surface area contributed by atoms with Gasteiger partial charge < -0.3 is 30.6 Å². The number of rotatable bonds is 7. The van der Waals surface area contributed by atoms with E-state index in [4.69, 9.17) is 30.6 Å².